The van der Waals surface area contributed by atoms with Crippen molar-refractivity contribution in [2.24, 2.45) is 0 Å². The molecular formula is C25H17BrF3N3O4S2. The molecule has 13 heteroatoms. The van der Waals surface area contributed by atoms with Gasteiger partial charge in [-0.05, 0) is 60.7 Å². The average Bonchev–Trinajstić information content (AvgIpc) is 3.12. The number of nitro benzene ring substituents is 1. The van der Waals surface area contributed by atoms with E-state index in [1.165, 1.54) is 17.0 Å². The molecule has 38 heavy (non-hydrogen) atoms. The van der Waals surface area contributed by atoms with Crippen molar-refractivity contribution >= 4 is 73.3 Å². The van der Waals surface area contributed by atoms with Gasteiger partial charge in [0.1, 0.15) is 5.75 Å². The van der Waals surface area contributed by atoms with Crippen LogP contribution in [-0.2, 0) is 11.0 Å². The second-order valence-electron chi connectivity index (χ2n) is 8.15. The van der Waals surface area contributed by atoms with Gasteiger partial charge >= 0.3 is 11.9 Å². The van der Waals surface area contributed by atoms with E-state index in [1.54, 1.807) is 24.3 Å². The molecule has 0 aromatic heterocycles. The number of carbonyl (C=O) groups is 1. The number of halogens is 4. The molecule has 0 spiro atoms. The van der Waals surface area contributed by atoms with Crippen LogP contribution < -0.4 is 14.5 Å². The minimum absolute atomic E-state index is 0.0941. The Morgan fingerprint density at radius 3 is 2.34 bits per heavy atom. The van der Waals surface area contributed by atoms with Crippen LogP contribution in [0.4, 0.5) is 30.2 Å². The molecule has 4 rings (SSSR count). The maximum Gasteiger partial charge on any atom is 0.416 e. The number of hydrogen-bond donors (Lipinski definition) is 0. The first-order valence-electron chi connectivity index (χ1n) is 10.7. The highest BCUT2D eigenvalue weighted by Gasteiger charge is 2.35. The summed E-state index contributed by atoms with van der Waals surface area (Å²) in [7, 11) is 3.79. The Kier molecular flexibility index (Phi) is 7.81. The first-order valence-corrected chi connectivity index (χ1v) is 12.8. The predicted molar refractivity (Wildman–Crippen MR) is 149 cm³/mol. The van der Waals surface area contributed by atoms with Gasteiger partial charge in [0.25, 0.3) is 5.91 Å². The second-order valence-corrected chi connectivity index (χ2v) is 10.7. The van der Waals surface area contributed by atoms with Gasteiger partial charge in [-0.2, -0.15) is 13.2 Å². The van der Waals surface area contributed by atoms with E-state index < -0.39 is 22.4 Å². The number of thioether (sulfide) groups is 1. The molecular weight excluding hydrogens is 607 g/mol. The summed E-state index contributed by atoms with van der Waals surface area (Å²) in [5, 5.41) is 11.5. The van der Waals surface area contributed by atoms with Gasteiger partial charge in [0, 0.05) is 35.9 Å². The molecule has 0 radical (unpaired) electrons. The summed E-state index contributed by atoms with van der Waals surface area (Å²) in [5.41, 5.74) is -0.122. The van der Waals surface area contributed by atoms with Crippen LogP contribution in [0.15, 0.2) is 70.0 Å². The largest absolute Gasteiger partial charge is 0.449 e. The average molecular weight is 624 g/mol. The van der Waals surface area contributed by atoms with Gasteiger partial charge in [-0.25, -0.2) is 0 Å². The molecule has 1 saturated heterocycles. The molecule has 3 aromatic carbocycles. The zero-order chi connectivity index (χ0) is 27.8. The fourth-order valence-corrected chi connectivity index (χ4v) is 5.17. The Labute approximate surface area is 233 Å². The van der Waals surface area contributed by atoms with Gasteiger partial charge in [0.2, 0.25) is 5.75 Å². The van der Waals surface area contributed by atoms with Crippen molar-refractivity contribution in [1.29, 1.82) is 0 Å². The predicted octanol–water partition coefficient (Wildman–Crippen LogP) is 7.64. The fourth-order valence-electron chi connectivity index (χ4n) is 3.50. The van der Waals surface area contributed by atoms with E-state index in [4.69, 9.17) is 17.0 Å². The van der Waals surface area contributed by atoms with E-state index >= 15 is 0 Å². The van der Waals surface area contributed by atoms with Crippen molar-refractivity contribution in [3.8, 4) is 11.5 Å². The van der Waals surface area contributed by atoms with Gasteiger partial charge in [0.05, 0.1) is 21.1 Å². The Bertz CT molecular complexity index is 1480. The third-order valence-corrected chi connectivity index (χ3v) is 7.17. The van der Waals surface area contributed by atoms with Crippen LogP contribution in [0.5, 0.6) is 11.5 Å². The van der Waals surface area contributed by atoms with E-state index in [-0.39, 0.29) is 22.3 Å². The van der Waals surface area contributed by atoms with Crippen molar-refractivity contribution < 1.29 is 27.6 Å². The molecule has 0 bridgehead atoms. The number of hydrogen-bond acceptors (Lipinski definition) is 7. The highest BCUT2D eigenvalue weighted by atomic mass is 79.9. The molecule has 0 unspecified atom stereocenters. The molecule has 1 heterocycles. The van der Waals surface area contributed by atoms with Crippen LogP contribution in [0.25, 0.3) is 6.08 Å². The maximum absolute atomic E-state index is 13.3. The molecule has 0 N–H and O–H groups in total. The third kappa shape index (κ3) is 5.84. The zero-order valence-corrected chi connectivity index (χ0v) is 22.9. The Morgan fingerprint density at radius 2 is 1.74 bits per heavy atom. The number of thiocarbonyl (C=S) groups is 1. The summed E-state index contributed by atoms with van der Waals surface area (Å²) in [6, 6.07) is 14.0. The van der Waals surface area contributed by atoms with E-state index in [0.717, 1.165) is 23.5 Å². The van der Waals surface area contributed by atoms with Gasteiger partial charge in [-0.15, -0.1) is 0 Å². The number of ether oxygens (including phenoxy) is 1. The third-order valence-electron chi connectivity index (χ3n) is 5.38. The highest BCUT2D eigenvalue weighted by Crippen LogP contribution is 2.41. The molecule has 3 aromatic rings. The normalized spacial score (nSPS) is 14.8. The second kappa shape index (κ2) is 10.8. The van der Waals surface area contributed by atoms with Crippen molar-refractivity contribution in [1.82, 2.24) is 0 Å². The zero-order valence-electron chi connectivity index (χ0n) is 19.7. The molecule has 1 aliphatic rings. The lowest BCUT2D eigenvalue weighted by molar-refractivity contribution is -0.385. The monoisotopic (exact) mass is 623 g/mol. The van der Waals surface area contributed by atoms with Crippen molar-refractivity contribution in [3.63, 3.8) is 0 Å². The van der Waals surface area contributed by atoms with Crippen LogP contribution >= 0.6 is 39.9 Å². The number of nitro groups is 1. The van der Waals surface area contributed by atoms with Crippen LogP contribution in [-0.4, -0.2) is 29.2 Å². The summed E-state index contributed by atoms with van der Waals surface area (Å²) in [4.78, 5) is 27.4. The quantitative estimate of drug-likeness (QED) is 0.121. The summed E-state index contributed by atoms with van der Waals surface area (Å²) in [6.07, 6.45) is -3.24. The molecule has 1 aliphatic heterocycles. The standard InChI is InChI=1S/C25H17BrF3N3O4S2/c1-30(2)17-5-7-18(8-6-17)31-23(33)22(38-24(31)37)12-14-11-16(26)4-10-20(14)36-21-9-3-15(25(27,28)29)13-19(21)32(34)35/h3-13H,1-2H3/b22-12+. The van der Waals surface area contributed by atoms with Crippen LogP contribution in [0.3, 0.4) is 0 Å². The number of amides is 1. The topological polar surface area (TPSA) is 75.9 Å². The number of rotatable bonds is 6. The minimum atomic E-state index is -4.76. The lowest BCUT2D eigenvalue weighted by atomic mass is 10.1. The molecule has 7 nitrogen and oxygen atoms in total. The Morgan fingerprint density at radius 1 is 1.08 bits per heavy atom. The van der Waals surface area contributed by atoms with Crippen molar-refractivity contribution in [2.45, 2.75) is 6.18 Å². The van der Waals surface area contributed by atoms with Gasteiger partial charge in [0.15, 0.2) is 4.32 Å². The van der Waals surface area contributed by atoms with Crippen LogP contribution in [0, 0.1) is 10.1 Å². The smallest absolute Gasteiger partial charge is 0.416 e. The van der Waals surface area contributed by atoms with Crippen LogP contribution in [0.2, 0.25) is 0 Å². The minimum Gasteiger partial charge on any atom is -0.449 e. The van der Waals surface area contributed by atoms with E-state index in [1.807, 2.05) is 31.1 Å². The van der Waals surface area contributed by atoms with Gasteiger partial charge < -0.3 is 9.64 Å². The van der Waals surface area contributed by atoms with Crippen molar-refractivity contribution in [3.05, 3.63) is 91.3 Å². The van der Waals surface area contributed by atoms with Crippen molar-refractivity contribution in [2.75, 3.05) is 23.9 Å². The molecule has 0 atom stereocenters. The molecule has 0 aliphatic carbocycles. The number of alkyl halides is 3. The SMILES string of the molecule is CN(C)c1ccc(N2C(=O)/C(=C\c3cc(Br)ccc3Oc3ccc(C(F)(F)F)cc3[N+](=O)[O-])SC2=S)cc1. The number of carbonyl (C=O) groups excluding carboxylic acids is 1. The first-order chi connectivity index (χ1) is 17.8. The van der Waals surface area contributed by atoms with Crippen LogP contribution in [0.1, 0.15) is 11.1 Å². The number of benzene rings is 3. The summed E-state index contributed by atoms with van der Waals surface area (Å²) in [6.45, 7) is 0. The highest BCUT2D eigenvalue weighted by molar-refractivity contribution is 9.10. The van der Waals surface area contributed by atoms with E-state index in [2.05, 4.69) is 15.9 Å². The van der Waals surface area contributed by atoms with E-state index in [0.29, 0.717) is 32.2 Å². The van der Waals surface area contributed by atoms with E-state index in [9.17, 15) is 28.1 Å². The van der Waals surface area contributed by atoms with Gasteiger partial charge in [-0.1, -0.05) is 39.9 Å². The first kappa shape index (κ1) is 27.6. The number of anilines is 2. The lowest BCUT2D eigenvalue weighted by Gasteiger charge is -2.17. The molecule has 0 saturated carbocycles. The summed E-state index contributed by atoms with van der Waals surface area (Å²) in [5.74, 6) is -0.658. The summed E-state index contributed by atoms with van der Waals surface area (Å²) >= 11 is 9.85. The molecule has 1 fully saturated rings. The number of nitrogens with zero attached hydrogens (tertiary/aromatic N) is 3. The van der Waals surface area contributed by atoms with Gasteiger partial charge in [-0.3, -0.25) is 19.8 Å². The fraction of sp³-hybridized carbons (Fsp3) is 0.120. The Hall–Kier alpha value is -3.42. The Balaban J connectivity index is 1.68. The maximum atomic E-state index is 13.3. The molecule has 196 valence electrons. The lowest BCUT2D eigenvalue weighted by Crippen LogP contribution is -2.27. The molecule has 1 amide bonds. The summed E-state index contributed by atoms with van der Waals surface area (Å²) < 4.78 is 45.9.